The number of amides is 1. The highest BCUT2D eigenvalue weighted by atomic mass is 16.5. The minimum Gasteiger partial charge on any atom is -0.451 e. The minimum atomic E-state index is -0.847. The highest BCUT2D eigenvalue weighted by molar-refractivity contribution is 5.91. The van der Waals surface area contributed by atoms with Gasteiger partial charge in [0.1, 0.15) is 11.2 Å². The molecule has 7 heteroatoms. The Labute approximate surface area is 147 Å². The number of ether oxygens (including phenoxy) is 1. The number of rotatable bonds is 5. The van der Waals surface area contributed by atoms with Crippen LogP contribution in [0.3, 0.4) is 0 Å². The Balaban J connectivity index is 1.97. The first-order chi connectivity index (χ1) is 11.8. The van der Waals surface area contributed by atoms with E-state index in [0.29, 0.717) is 29.7 Å². The fraction of sp³-hybridized carbons (Fsp3) is 0.611. The van der Waals surface area contributed by atoms with Crippen molar-refractivity contribution in [3.8, 4) is 6.07 Å². The van der Waals surface area contributed by atoms with Crippen molar-refractivity contribution in [3.05, 3.63) is 22.5 Å². The van der Waals surface area contributed by atoms with Crippen LogP contribution >= 0.6 is 0 Å². The topological polar surface area (TPSA) is 115 Å². The van der Waals surface area contributed by atoms with Gasteiger partial charge in [-0.05, 0) is 39.2 Å². The van der Waals surface area contributed by atoms with E-state index in [-0.39, 0.29) is 5.69 Å². The first-order valence-corrected chi connectivity index (χ1v) is 8.56. The zero-order valence-corrected chi connectivity index (χ0v) is 14.9. The molecule has 1 aliphatic rings. The monoisotopic (exact) mass is 347 g/mol. The van der Waals surface area contributed by atoms with Crippen molar-refractivity contribution in [1.82, 2.24) is 10.3 Å². The number of nitrogens with zero attached hydrogens (tertiary/aromatic N) is 1. The third-order valence-electron chi connectivity index (χ3n) is 4.75. The Morgan fingerprint density at radius 3 is 2.52 bits per heavy atom. The van der Waals surface area contributed by atoms with E-state index in [2.05, 4.69) is 16.4 Å². The molecular weight excluding hydrogens is 322 g/mol. The summed E-state index contributed by atoms with van der Waals surface area (Å²) in [6.45, 7) is 4.66. The number of nitriles is 1. The molecule has 0 unspecified atom stereocenters. The number of aliphatic hydroxyl groups excluding tert-OH is 1. The largest absolute Gasteiger partial charge is 0.451 e. The van der Waals surface area contributed by atoms with Gasteiger partial charge in [-0.15, -0.1) is 0 Å². The molecule has 1 aromatic rings. The van der Waals surface area contributed by atoms with Crippen molar-refractivity contribution in [1.29, 1.82) is 5.26 Å². The molecule has 0 spiro atoms. The lowest BCUT2D eigenvalue weighted by atomic mass is 9.83. The van der Waals surface area contributed by atoms with E-state index in [9.17, 15) is 20.0 Å². The van der Waals surface area contributed by atoms with Crippen molar-refractivity contribution in [2.75, 3.05) is 6.61 Å². The van der Waals surface area contributed by atoms with Gasteiger partial charge >= 0.3 is 5.97 Å². The standard InChI is InChI=1S/C18H25N3O4/c1-11-15(13(3)22)12(2)20-16(11)17(24)25-9-14(23)21-18(10-19)7-5-4-6-8-18/h13,20,22H,4-9H2,1-3H3,(H,21,23)/t13-/m0/s1. The number of aromatic nitrogens is 1. The van der Waals surface area contributed by atoms with Gasteiger partial charge in [-0.25, -0.2) is 4.79 Å². The van der Waals surface area contributed by atoms with Crippen LogP contribution in [0.15, 0.2) is 0 Å². The summed E-state index contributed by atoms with van der Waals surface area (Å²) in [4.78, 5) is 27.2. The Hall–Kier alpha value is -2.33. The minimum absolute atomic E-state index is 0.230. The normalized spacial score (nSPS) is 17.4. The van der Waals surface area contributed by atoms with Gasteiger partial charge in [0, 0.05) is 11.3 Å². The number of esters is 1. The molecule has 136 valence electrons. The number of hydrogen-bond donors (Lipinski definition) is 3. The van der Waals surface area contributed by atoms with Gasteiger partial charge < -0.3 is 20.1 Å². The first kappa shape index (κ1) is 19.0. The van der Waals surface area contributed by atoms with Crippen LogP contribution in [0.5, 0.6) is 0 Å². The summed E-state index contributed by atoms with van der Waals surface area (Å²) in [6, 6.07) is 2.19. The number of hydrogen-bond acceptors (Lipinski definition) is 5. The van der Waals surface area contributed by atoms with E-state index < -0.39 is 30.1 Å². The maximum Gasteiger partial charge on any atom is 0.355 e. The van der Waals surface area contributed by atoms with Crippen molar-refractivity contribution in [3.63, 3.8) is 0 Å². The van der Waals surface area contributed by atoms with E-state index in [4.69, 9.17) is 4.74 Å². The zero-order chi connectivity index (χ0) is 18.6. The van der Waals surface area contributed by atoms with E-state index in [1.807, 2.05) is 0 Å². The molecule has 0 bridgehead atoms. The molecule has 0 aliphatic heterocycles. The molecule has 1 atom stereocenters. The third kappa shape index (κ3) is 4.20. The van der Waals surface area contributed by atoms with Crippen LogP contribution in [0.4, 0.5) is 0 Å². The third-order valence-corrected chi connectivity index (χ3v) is 4.75. The number of aryl methyl sites for hydroxylation is 1. The van der Waals surface area contributed by atoms with Crippen LogP contribution in [0, 0.1) is 25.2 Å². The summed E-state index contributed by atoms with van der Waals surface area (Å²) >= 11 is 0. The van der Waals surface area contributed by atoms with Crippen LogP contribution in [-0.4, -0.2) is 34.1 Å². The Morgan fingerprint density at radius 1 is 1.36 bits per heavy atom. The molecule has 0 aromatic carbocycles. The molecule has 2 rings (SSSR count). The number of carbonyl (C=O) groups excluding carboxylic acids is 2. The fourth-order valence-corrected chi connectivity index (χ4v) is 3.52. The Kier molecular flexibility index (Phi) is 5.85. The molecule has 1 saturated carbocycles. The van der Waals surface area contributed by atoms with Gasteiger partial charge in [-0.3, -0.25) is 4.79 Å². The number of nitrogens with one attached hydrogen (secondary N) is 2. The predicted molar refractivity (Wildman–Crippen MR) is 90.8 cm³/mol. The second-order valence-corrected chi connectivity index (χ2v) is 6.72. The zero-order valence-electron chi connectivity index (χ0n) is 14.9. The molecule has 1 fully saturated rings. The number of carbonyl (C=O) groups is 2. The summed E-state index contributed by atoms with van der Waals surface area (Å²) in [5, 5.41) is 21.8. The lowest BCUT2D eigenvalue weighted by molar-refractivity contribution is -0.125. The van der Waals surface area contributed by atoms with Crippen molar-refractivity contribution in [2.24, 2.45) is 0 Å². The van der Waals surface area contributed by atoms with Crippen molar-refractivity contribution in [2.45, 2.75) is 64.5 Å². The first-order valence-electron chi connectivity index (χ1n) is 8.56. The smallest absolute Gasteiger partial charge is 0.355 e. The van der Waals surface area contributed by atoms with Gasteiger partial charge in [0.2, 0.25) is 0 Å². The van der Waals surface area contributed by atoms with Gasteiger partial charge in [0.25, 0.3) is 5.91 Å². The van der Waals surface area contributed by atoms with Gasteiger partial charge in [0.15, 0.2) is 6.61 Å². The molecule has 1 aliphatic carbocycles. The molecule has 0 saturated heterocycles. The summed E-state index contributed by atoms with van der Waals surface area (Å²) in [6.07, 6.45) is 3.40. The van der Waals surface area contributed by atoms with Crippen LogP contribution in [0.25, 0.3) is 0 Å². The SMILES string of the molecule is Cc1[nH]c(C(=O)OCC(=O)NC2(C#N)CCCCC2)c(C)c1[C@H](C)O. The number of H-pyrrole nitrogens is 1. The molecule has 1 aromatic heterocycles. The highest BCUT2D eigenvalue weighted by Gasteiger charge is 2.33. The average Bonchev–Trinajstić information content (AvgIpc) is 2.88. The number of aliphatic hydroxyl groups is 1. The van der Waals surface area contributed by atoms with Crippen LogP contribution in [0.2, 0.25) is 0 Å². The molecule has 1 heterocycles. The molecule has 1 amide bonds. The fourth-order valence-electron chi connectivity index (χ4n) is 3.52. The van der Waals surface area contributed by atoms with E-state index in [1.54, 1.807) is 20.8 Å². The predicted octanol–water partition coefficient (Wildman–Crippen LogP) is 2.18. The number of aromatic amines is 1. The van der Waals surface area contributed by atoms with E-state index >= 15 is 0 Å². The van der Waals surface area contributed by atoms with Crippen LogP contribution in [0.1, 0.15) is 72.4 Å². The maximum atomic E-state index is 12.2. The molecule has 3 N–H and O–H groups in total. The Bertz CT molecular complexity index is 694. The molecular formula is C18H25N3O4. The summed E-state index contributed by atoms with van der Waals surface area (Å²) < 4.78 is 5.08. The van der Waals surface area contributed by atoms with Gasteiger partial charge in [-0.1, -0.05) is 19.3 Å². The van der Waals surface area contributed by atoms with Gasteiger partial charge in [-0.2, -0.15) is 5.26 Å². The average molecular weight is 347 g/mol. The van der Waals surface area contributed by atoms with Crippen molar-refractivity contribution >= 4 is 11.9 Å². The molecule has 0 radical (unpaired) electrons. The Morgan fingerprint density at radius 2 is 2.00 bits per heavy atom. The highest BCUT2D eigenvalue weighted by Crippen LogP contribution is 2.27. The van der Waals surface area contributed by atoms with Crippen LogP contribution < -0.4 is 5.32 Å². The molecule has 25 heavy (non-hydrogen) atoms. The van der Waals surface area contributed by atoms with Gasteiger partial charge in [0.05, 0.1) is 12.2 Å². The molecule has 7 nitrogen and oxygen atoms in total. The van der Waals surface area contributed by atoms with E-state index in [0.717, 1.165) is 19.3 Å². The lowest BCUT2D eigenvalue weighted by Crippen LogP contribution is -2.50. The second kappa shape index (κ2) is 7.70. The van der Waals surface area contributed by atoms with E-state index in [1.165, 1.54) is 0 Å². The summed E-state index contributed by atoms with van der Waals surface area (Å²) in [7, 11) is 0. The van der Waals surface area contributed by atoms with Crippen LogP contribution in [-0.2, 0) is 9.53 Å². The lowest BCUT2D eigenvalue weighted by Gasteiger charge is -2.31. The van der Waals surface area contributed by atoms with Crippen molar-refractivity contribution < 1.29 is 19.4 Å². The second-order valence-electron chi connectivity index (χ2n) is 6.72. The summed E-state index contributed by atoms with van der Waals surface area (Å²) in [5.74, 6) is -1.13. The quantitative estimate of drug-likeness (QED) is 0.706. The summed E-state index contributed by atoms with van der Waals surface area (Å²) in [5.41, 5.74) is 1.34. The maximum absolute atomic E-state index is 12.2.